The number of nitrogens with one attached hydrogen (secondary N) is 1. The number of aryl methyl sites for hydroxylation is 1. The number of rotatable bonds is 6. The third-order valence-electron chi connectivity index (χ3n) is 4.29. The summed E-state index contributed by atoms with van der Waals surface area (Å²) in [7, 11) is 1.66. The normalized spacial score (nSPS) is 12.2. The summed E-state index contributed by atoms with van der Waals surface area (Å²) in [6.45, 7) is 4.15. The maximum absolute atomic E-state index is 9.16. The molecule has 0 saturated heterocycles. The van der Waals surface area contributed by atoms with E-state index >= 15 is 0 Å². The molecular weight excluding hydrogens is 441 g/mol. The van der Waals surface area contributed by atoms with Crippen molar-refractivity contribution in [3.05, 3.63) is 56.9 Å². The minimum absolute atomic E-state index is 0.0749. The average Bonchev–Trinajstić information content (AvgIpc) is 2.62. The van der Waals surface area contributed by atoms with Gasteiger partial charge in [-0.15, -0.1) is 0 Å². The highest BCUT2D eigenvalue weighted by atomic mass is 127. The first-order valence-electron chi connectivity index (χ1n) is 8.50. The molecule has 5 nitrogen and oxygen atoms in total. The Bertz CT molecular complexity index is 930. The van der Waals surface area contributed by atoms with Gasteiger partial charge in [0.05, 0.1) is 16.2 Å². The number of anilines is 1. The van der Waals surface area contributed by atoms with Crippen LogP contribution in [0.3, 0.4) is 0 Å². The Balaban J connectivity index is 1.97. The molecule has 0 spiro atoms. The van der Waals surface area contributed by atoms with Crippen LogP contribution >= 0.6 is 22.6 Å². The Labute approximate surface area is 167 Å². The van der Waals surface area contributed by atoms with Gasteiger partial charge in [0.15, 0.2) is 0 Å². The van der Waals surface area contributed by atoms with E-state index in [-0.39, 0.29) is 12.6 Å². The quantitative estimate of drug-likeness (QED) is 0.535. The third kappa shape index (κ3) is 4.07. The molecule has 26 heavy (non-hydrogen) atoms. The highest BCUT2D eigenvalue weighted by molar-refractivity contribution is 14.1. The molecule has 1 atom stereocenters. The maximum Gasteiger partial charge on any atom is 0.138 e. The first kappa shape index (κ1) is 18.8. The van der Waals surface area contributed by atoms with Gasteiger partial charge in [0.25, 0.3) is 0 Å². The Hall–Kier alpha value is -1.93. The number of methoxy groups -OCH3 is 1. The molecule has 1 heterocycles. The summed E-state index contributed by atoms with van der Waals surface area (Å²) >= 11 is 2.26. The Morgan fingerprint density at radius 3 is 2.77 bits per heavy atom. The zero-order valence-corrected chi connectivity index (χ0v) is 17.2. The topological polar surface area (TPSA) is 67.3 Å². The fourth-order valence-corrected chi connectivity index (χ4v) is 3.64. The van der Waals surface area contributed by atoms with Gasteiger partial charge >= 0.3 is 0 Å². The van der Waals surface area contributed by atoms with E-state index in [4.69, 9.17) is 9.84 Å². The zero-order valence-electron chi connectivity index (χ0n) is 15.1. The van der Waals surface area contributed by atoms with E-state index in [1.807, 2.05) is 31.2 Å². The van der Waals surface area contributed by atoms with E-state index in [0.717, 1.165) is 37.2 Å². The van der Waals surface area contributed by atoms with Crippen LogP contribution in [0, 0.1) is 10.5 Å². The van der Waals surface area contributed by atoms with Crippen LogP contribution in [0.5, 0.6) is 5.75 Å². The standard InChI is InChI=1S/C20H22IN3O2/c1-12(15-6-4-5-14(9-15)7-8-25)22-20-16-10-17(21)19(26-3)11-18(16)23-13(2)24-20/h4-6,9-12,25H,7-8H2,1-3H3,(H,22,23,24)/t12-/m1/s1. The molecule has 0 aliphatic heterocycles. The Morgan fingerprint density at radius 1 is 1.23 bits per heavy atom. The van der Waals surface area contributed by atoms with Crippen molar-refractivity contribution in [3.63, 3.8) is 0 Å². The Kier molecular flexibility index (Phi) is 5.93. The van der Waals surface area contributed by atoms with Crippen LogP contribution in [-0.2, 0) is 6.42 Å². The van der Waals surface area contributed by atoms with Crippen molar-refractivity contribution in [2.24, 2.45) is 0 Å². The fraction of sp³-hybridized carbons (Fsp3) is 0.300. The number of fused-ring (bicyclic) bond motifs is 1. The average molecular weight is 463 g/mol. The summed E-state index contributed by atoms with van der Waals surface area (Å²) in [5.41, 5.74) is 3.14. The molecule has 0 saturated carbocycles. The van der Waals surface area contributed by atoms with Crippen molar-refractivity contribution in [3.8, 4) is 5.75 Å². The van der Waals surface area contributed by atoms with Gasteiger partial charge in [-0.1, -0.05) is 24.3 Å². The van der Waals surface area contributed by atoms with E-state index in [9.17, 15) is 0 Å². The minimum atomic E-state index is 0.0749. The van der Waals surface area contributed by atoms with E-state index in [1.54, 1.807) is 7.11 Å². The molecule has 0 unspecified atom stereocenters. The van der Waals surface area contributed by atoms with Crippen LogP contribution in [0.25, 0.3) is 10.9 Å². The van der Waals surface area contributed by atoms with Gasteiger partial charge in [0.2, 0.25) is 0 Å². The second kappa shape index (κ2) is 8.18. The number of hydrogen-bond donors (Lipinski definition) is 2. The fourth-order valence-electron chi connectivity index (χ4n) is 2.95. The second-order valence-electron chi connectivity index (χ2n) is 6.21. The van der Waals surface area contributed by atoms with Crippen molar-refractivity contribution in [2.45, 2.75) is 26.3 Å². The molecule has 0 aliphatic rings. The zero-order chi connectivity index (χ0) is 18.7. The number of aliphatic hydroxyl groups is 1. The number of nitrogens with zero attached hydrogens (tertiary/aromatic N) is 2. The molecular formula is C20H22IN3O2. The van der Waals surface area contributed by atoms with Gasteiger partial charge in [0.1, 0.15) is 17.4 Å². The molecule has 1 aromatic heterocycles. The lowest BCUT2D eigenvalue weighted by molar-refractivity contribution is 0.299. The molecule has 0 bridgehead atoms. The van der Waals surface area contributed by atoms with E-state index in [1.165, 1.54) is 0 Å². The first-order valence-corrected chi connectivity index (χ1v) is 9.58. The lowest BCUT2D eigenvalue weighted by atomic mass is 10.0. The highest BCUT2D eigenvalue weighted by Gasteiger charge is 2.13. The van der Waals surface area contributed by atoms with Crippen LogP contribution in [0.1, 0.15) is 29.9 Å². The van der Waals surface area contributed by atoms with Gasteiger partial charge in [-0.05, 0) is 60.1 Å². The van der Waals surface area contributed by atoms with Gasteiger partial charge in [-0.2, -0.15) is 0 Å². The molecule has 0 aliphatic carbocycles. The van der Waals surface area contributed by atoms with Crippen LogP contribution in [-0.4, -0.2) is 28.8 Å². The predicted molar refractivity (Wildman–Crippen MR) is 113 cm³/mol. The summed E-state index contributed by atoms with van der Waals surface area (Å²) in [6.07, 6.45) is 0.661. The molecule has 3 rings (SSSR count). The smallest absolute Gasteiger partial charge is 0.138 e. The van der Waals surface area contributed by atoms with Crippen molar-refractivity contribution in [1.29, 1.82) is 0 Å². The van der Waals surface area contributed by atoms with Crippen LogP contribution < -0.4 is 10.1 Å². The SMILES string of the molecule is COc1cc2nc(C)nc(N[C@H](C)c3cccc(CCO)c3)c2cc1I. The van der Waals surface area contributed by atoms with Gasteiger partial charge in [-0.25, -0.2) is 9.97 Å². The van der Waals surface area contributed by atoms with Crippen molar-refractivity contribution >= 4 is 39.3 Å². The number of ether oxygens (including phenoxy) is 1. The highest BCUT2D eigenvalue weighted by Crippen LogP contribution is 2.31. The van der Waals surface area contributed by atoms with Crippen LogP contribution in [0.2, 0.25) is 0 Å². The molecule has 3 aromatic rings. The number of hydrogen-bond acceptors (Lipinski definition) is 5. The van der Waals surface area contributed by atoms with Crippen molar-refractivity contribution in [1.82, 2.24) is 9.97 Å². The van der Waals surface area contributed by atoms with Crippen LogP contribution in [0.4, 0.5) is 5.82 Å². The lowest BCUT2D eigenvalue weighted by Crippen LogP contribution is -2.10. The predicted octanol–water partition coefficient (Wildman–Crippen LogP) is 4.26. The maximum atomic E-state index is 9.16. The van der Waals surface area contributed by atoms with Crippen molar-refractivity contribution in [2.75, 3.05) is 19.0 Å². The van der Waals surface area contributed by atoms with Gasteiger partial charge < -0.3 is 15.2 Å². The van der Waals surface area contributed by atoms with E-state index in [0.29, 0.717) is 12.2 Å². The van der Waals surface area contributed by atoms with Gasteiger partial charge in [0, 0.05) is 24.1 Å². The molecule has 2 N–H and O–H groups in total. The molecule has 0 fully saturated rings. The number of halogens is 1. The van der Waals surface area contributed by atoms with E-state index in [2.05, 4.69) is 56.9 Å². The number of aromatic nitrogens is 2. The summed E-state index contributed by atoms with van der Waals surface area (Å²) in [6, 6.07) is 12.3. The summed E-state index contributed by atoms with van der Waals surface area (Å²) in [4.78, 5) is 9.16. The molecule has 136 valence electrons. The summed E-state index contributed by atoms with van der Waals surface area (Å²) in [5, 5.41) is 13.6. The largest absolute Gasteiger partial charge is 0.496 e. The van der Waals surface area contributed by atoms with Crippen molar-refractivity contribution < 1.29 is 9.84 Å². The van der Waals surface area contributed by atoms with E-state index < -0.39 is 0 Å². The monoisotopic (exact) mass is 463 g/mol. The minimum Gasteiger partial charge on any atom is -0.496 e. The molecule has 6 heteroatoms. The lowest BCUT2D eigenvalue weighted by Gasteiger charge is -2.18. The molecule has 0 radical (unpaired) electrons. The summed E-state index contributed by atoms with van der Waals surface area (Å²) < 4.78 is 6.43. The molecule has 2 aromatic carbocycles. The third-order valence-corrected chi connectivity index (χ3v) is 5.13. The first-order chi connectivity index (χ1) is 12.5. The Morgan fingerprint density at radius 2 is 2.04 bits per heavy atom. The number of aliphatic hydroxyl groups excluding tert-OH is 1. The van der Waals surface area contributed by atoms with Crippen LogP contribution in [0.15, 0.2) is 36.4 Å². The number of benzene rings is 2. The van der Waals surface area contributed by atoms with Gasteiger partial charge in [-0.3, -0.25) is 0 Å². The summed E-state index contributed by atoms with van der Waals surface area (Å²) in [5.74, 6) is 2.34. The second-order valence-corrected chi connectivity index (χ2v) is 7.37. The molecule has 0 amide bonds.